The quantitative estimate of drug-likeness (QED) is 0.917. The van der Waals surface area contributed by atoms with E-state index >= 15 is 0 Å². The number of aromatic nitrogens is 2. The van der Waals surface area contributed by atoms with Crippen molar-refractivity contribution in [1.29, 1.82) is 0 Å². The van der Waals surface area contributed by atoms with Gasteiger partial charge in [0.2, 0.25) is 0 Å². The van der Waals surface area contributed by atoms with E-state index in [-0.39, 0.29) is 6.54 Å². The highest BCUT2D eigenvalue weighted by molar-refractivity contribution is 5.66. The fourth-order valence-electron chi connectivity index (χ4n) is 3.53. The molecule has 1 aromatic carbocycles. The molecule has 3 rings (SSSR count). The summed E-state index contributed by atoms with van der Waals surface area (Å²) < 4.78 is 1.51. The van der Waals surface area contributed by atoms with E-state index in [1.165, 1.54) is 21.4 Å². The molecule has 2 aromatic rings. The van der Waals surface area contributed by atoms with Gasteiger partial charge in [-0.1, -0.05) is 23.8 Å². The summed E-state index contributed by atoms with van der Waals surface area (Å²) in [5.74, 6) is -0.468. The van der Waals surface area contributed by atoms with Crippen LogP contribution in [-0.4, -0.2) is 38.8 Å². The zero-order chi connectivity index (χ0) is 17.1. The summed E-state index contributed by atoms with van der Waals surface area (Å²) in [7, 11) is 0. The van der Waals surface area contributed by atoms with Gasteiger partial charge in [-0.25, -0.2) is 0 Å². The fraction of sp³-hybridized carbons (Fsp3) is 0.474. The highest BCUT2D eigenvalue weighted by Gasteiger charge is 2.23. The van der Waals surface area contributed by atoms with Crippen LogP contribution in [0, 0.1) is 13.8 Å². The van der Waals surface area contributed by atoms with Crippen molar-refractivity contribution in [3.05, 3.63) is 52.8 Å². The van der Waals surface area contributed by atoms with Gasteiger partial charge in [-0.3, -0.25) is 14.4 Å². The second kappa shape index (κ2) is 7.18. The molecular weight excluding hydrogens is 302 g/mol. The first-order valence-corrected chi connectivity index (χ1v) is 8.55. The Morgan fingerprint density at radius 3 is 2.92 bits per heavy atom. The molecule has 0 saturated carbocycles. The molecule has 128 valence electrons. The zero-order valence-electron chi connectivity index (χ0n) is 14.4. The molecule has 0 radical (unpaired) electrons. The van der Waals surface area contributed by atoms with Gasteiger partial charge in [0, 0.05) is 25.2 Å². The smallest absolute Gasteiger partial charge is 0.325 e. The predicted octanol–water partition coefficient (Wildman–Crippen LogP) is 2.96. The van der Waals surface area contributed by atoms with Gasteiger partial charge >= 0.3 is 5.97 Å². The molecule has 1 N–H and O–H groups in total. The number of carboxylic acids is 1. The first kappa shape index (κ1) is 16.7. The highest BCUT2D eigenvalue weighted by atomic mass is 16.4. The van der Waals surface area contributed by atoms with Gasteiger partial charge in [-0.15, -0.1) is 0 Å². The summed E-state index contributed by atoms with van der Waals surface area (Å²) in [6, 6.07) is 8.62. The largest absolute Gasteiger partial charge is 0.480 e. The predicted molar refractivity (Wildman–Crippen MR) is 93.0 cm³/mol. The maximum atomic E-state index is 10.8. The number of rotatable bonds is 5. The third-order valence-corrected chi connectivity index (χ3v) is 4.77. The maximum Gasteiger partial charge on any atom is 0.325 e. The lowest BCUT2D eigenvalue weighted by Crippen LogP contribution is -2.34. The minimum atomic E-state index is -0.857. The molecule has 0 bridgehead atoms. The summed E-state index contributed by atoms with van der Waals surface area (Å²) in [5, 5.41) is 13.3. The van der Waals surface area contributed by atoms with Crippen LogP contribution in [0.2, 0.25) is 0 Å². The van der Waals surface area contributed by atoms with Gasteiger partial charge in [-0.2, -0.15) is 5.10 Å². The maximum absolute atomic E-state index is 10.8. The van der Waals surface area contributed by atoms with Gasteiger partial charge in [0.1, 0.15) is 6.54 Å². The van der Waals surface area contributed by atoms with Gasteiger partial charge in [0.15, 0.2) is 0 Å². The lowest BCUT2D eigenvalue weighted by Gasteiger charge is -2.32. The lowest BCUT2D eigenvalue weighted by molar-refractivity contribution is -0.137. The molecule has 24 heavy (non-hydrogen) atoms. The van der Waals surface area contributed by atoms with Crippen molar-refractivity contribution in [3.63, 3.8) is 0 Å². The molecule has 0 amide bonds. The molecular formula is C19H25N3O2. The molecule has 1 unspecified atom stereocenters. The second-order valence-corrected chi connectivity index (χ2v) is 6.84. The van der Waals surface area contributed by atoms with Crippen LogP contribution >= 0.6 is 0 Å². The van der Waals surface area contributed by atoms with Crippen molar-refractivity contribution in [2.45, 2.75) is 45.7 Å². The Balaban J connectivity index is 1.65. The van der Waals surface area contributed by atoms with E-state index < -0.39 is 5.97 Å². The molecule has 1 aliphatic heterocycles. The molecule has 2 heterocycles. The summed E-state index contributed by atoms with van der Waals surface area (Å²) in [4.78, 5) is 13.3. The number of likely N-dealkylation sites (tertiary alicyclic amines) is 1. The Labute approximate surface area is 142 Å². The summed E-state index contributed by atoms with van der Waals surface area (Å²) in [6.07, 6.45) is 4.04. The van der Waals surface area contributed by atoms with Crippen LogP contribution < -0.4 is 0 Å². The molecule has 1 aliphatic rings. The van der Waals surface area contributed by atoms with Crippen LogP contribution in [0.5, 0.6) is 0 Å². The Kier molecular flexibility index (Phi) is 5.00. The Morgan fingerprint density at radius 2 is 2.17 bits per heavy atom. The van der Waals surface area contributed by atoms with Crippen LogP contribution in [0.15, 0.2) is 30.5 Å². The summed E-state index contributed by atoms with van der Waals surface area (Å²) in [5.41, 5.74) is 5.05. The first-order valence-electron chi connectivity index (χ1n) is 8.55. The van der Waals surface area contributed by atoms with Crippen LogP contribution in [0.3, 0.4) is 0 Å². The van der Waals surface area contributed by atoms with Crippen molar-refractivity contribution in [2.24, 2.45) is 0 Å². The highest BCUT2D eigenvalue weighted by Crippen LogP contribution is 2.27. The van der Waals surface area contributed by atoms with Gasteiger partial charge < -0.3 is 5.11 Å². The van der Waals surface area contributed by atoms with E-state index in [0.29, 0.717) is 5.92 Å². The summed E-state index contributed by atoms with van der Waals surface area (Å²) in [6.45, 7) is 7.30. The average Bonchev–Trinajstić information content (AvgIpc) is 2.98. The molecule has 1 atom stereocenters. The summed E-state index contributed by atoms with van der Waals surface area (Å²) >= 11 is 0. The third-order valence-electron chi connectivity index (χ3n) is 4.77. The SMILES string of the molecule is Cc1ccc(CN2CCCC(c3ccn(CC(=O)O)n3)C2)c(C)c1. The van der Waals surface area contributed by atoms with Gasteiger partial charge in [-0.05, 0) is 50.4 Å². The molecule has 0 aliphatic carbocycles. The molecule has 5 heteroatoms. The van der Waals surface area contributed by atoms with E-state index in [0.717, 1.165) is 38.2 Å². The number of hydrogen-bond acceptors (Lipinski definition) is 3. The minimum Gasteiger partial charge on any atom is -0.480 e. The van der Waals surface area contributed by atoms with Crippen LogP contribution in [0.25, 0.3) is 0 Å². The van der Waals surface area contributed by atoms with Crippen LogP contribution in [0.1, 0.15) is 41.1 Å². The molecule has 5 nitrogen and oxygen atoms in total. The number of nitrogens with zero attached hydrogens (tertiary/aromatic N) is 3. The first-order chi connectivity index (χ1) is 11.5. The third kappa shape index (κ3) is 4.03. The Morgan fingerprint density at radius 1 is 1.33 bits per heavy atom. The van der Waals surface area contributed by atoms with E-state index in [2.05, 4.69) is 42.0 Å². The molecule has 1 aromatic heterocycles. The average molecular weight is 327 g/mol. The molecule has 0 spiro atoms. The van der Waals surface area contributed by atoms with Gasteiger partial charge in [0.05, 0.1) is 5.69 Å². The Hall–Kier alpha value is -2.14. The number of piperidine rings is 1. The lowest BCUT2D eigenvalue weighted by atomic mass is 9.94. The minimum absolute atomic E-state index is 0.0704. The van der Waals surface area contributed by atoms with E-state index in [1.54, 1.807) is 6.20 Å². The van der Waals surface area contributed by atoms with Crippen molar-refractivity contribution in [3.8, 4) is 0 Å². The van der Waals surface area contributed by atoms with E-state index in [4.69, 9.17) is 5.11 Å². The topological polar surface area (TPSA) is 58.4 Å². The number of benzene rings is 1. The van der Waals surface area contributed by atoms with E-state index in [1.807, 2.05) is 6.07 Å². The second-order valence-electron chi connectivity index (χ2n) is 6.84. The fourth-order valence-corrected chi connectivity index (χ4v) is 3.53. The monoisotopic (exact) mass is 327 g/mol. The number of hydrogen-bond donors (Lipinski definition) is 1. The van der Waals surface area contributed by atoms with Gasteiger partial charge in [0.25, 0.3) is 0 Å². The zero-order valence-corrected chi connectivity index (χ0v) is 14.4. The van der Waals surface area contributed by atoms with Crippen molar-refractivity contribution >= 4 is 5.97 Å². The van der Waals surface area contributed by atoms with Crippen LogP contribution in [-0.2, 0) is 17.9 Å². The van der Waals surface area contributed by atoms with Crippen molar-refractivity contribution in [2.75, 3.05) is 13.1 Å². The van der Waals surface area contributed by atoms with Crippen molar-refractivity contribution in [1.82, 2.24) is 14.7 Å². The number of aliphatic carboxylic acids is 1. The normalized spacial score (nSPS) is 18.7. The van der Waals surface area contributed by atoms with E-state index in [9.17, 15) is 4.79 Å². The standard InChI is InChI=1S/C19H25N3O2/c1-14-5-6-16(15(2)10-14)11-21-8-3-4-17(12-21)18-7-9-22(20-18)13-19(23)24/h5-7,9-10,17H,3-4,8,11-13H2,1-2H3,(H,23,24). The number of carboxylic acid groups (broad SMARTS) is 1. The Bertz CT molecular complexity index is 723. The number of aryl methyl sites for hydroxylation is 2. The molecule has 1 saturated heterocycles. The van der Waals surface area contributed by atoms with Crippen molar-refractivity contribution < 1.29 is 9.90 Å². The number of carbonyl (C=O) groups is 1. The molecule has 1 fully saturated rings. The van der Waals surface area contributed by atoms with Crippen LogP contribution in [0.4, 0.5) is 0 Å².